The highest BCUT2D eigenvalue weighted by Gasteiger charge is 2.51. The number of nitrogens with zero attached hydrogens (tertiary/aromatic N) is 3. The van der Waals surface area contributed by atoms with Crippen LogP contribution < -0.4 is 0 Å². The Morgan fingerprint density at radius 2 is 1.85 bits per heavy atom. The molecular formula is C15H16IN3O7. The van der Waals surface area contributed by atoms with Crippen LogP contribution in [0.2, 0.25) is 0 Å². The fraction of sp³-hybridized carbons (Fsp3) is 0.533. The molecule has 0 unspecified atom stereocenters. The fourth-order valence-corrected chi connectivity index (χ4v) is 3.17. The first-order valence-corrected chi connectivity index (χ1v) is 8.58. The number of hydrogen-bond acceptors (Lipinski definition) is 9. The Balaban J connectivity index is 2.39. The number of carbonyl (C=O) groups is 3. The second kappa shape index (κ2) is 8.45. The van der Waals surface area contributed by atoms with Crippen molar-refractivity contribution in [2.24, 2.45) is 0 Å². The third-order valence-electron chi connectivity index (χ3n) is 3.45. The van der Waals surface area contributed by atoms with E-state index in [4.69, 9.17) is 24.2 Å². The molecule has 0 aromatic carbocycles. The minimum Gasteiger partial charge on any atom is -0.463 e. The van der Waals surface area contributed by atoms with Gasteiger partial charge in [0.05, 0.1) is 6.33 Å². The summed E-state index contributed by atoms with van der Waals surface area (Å²) >= 11 is 1.91. The first kappa shape index (κ1) is 20.1. The Kier molecular flexibility index (Phi) is 6.54. The molecule has 1 saturated heterocycles. The average molecular weight is 477 g/mol. The Labute approximate surface area is 162 Å². The van der Waals surface area contributed by atoms with Gasteiger partial charge in [-0.2, -0.15) is 5.26 Å². The standard InChI is InChI=1S/C15H16IN3O7/c1-7(20)23-5-11-12(24-8(2)21)13(25-9(3)22)15(26-11)19-6-18-10(4-17)14(19)16/h6,11-13,15H,5H2,1-3H3/t11-,12-,13-,15-/m1/s1. The molecular weight excluding hydrogens is 461 g/mol. The lowest BCUT2D eigenvalue weighted by Crippen LogP contribution is -2.40. The topological polar surface area (TPSA) is 130 Å². The Morgan fingerprint density at radius 3 is 2.35 bits per heavy atom. The van der Waals surface area contributed by atoms with Crippen LogP contribution >= 0.6 is 22.6 Å². The van der Waals surface area contributed by atoms with E-state index in [9.17, 15) is 14.4 Å². The van der Waals surface area contributed by atoms with E-state index in [-0.39, 0.29) is 12.3 Å². The lowest BCUT2D eigenvalue weighted by molar-refractivity contribution is -0.166. The molecule has 140 valence electrons. The van der Waals surface area contributed by atoms with Gasteiger partial charge in [0.15, 0.2) is 24.1 Å². The van der Waals surface area contributed by atoms with Crippen molar-refractivity contribution in [3.05, 3.63) is 15.7 Å². The number of aromatic nitrogens is 2. The van der Waals surface area contributed by atoms with E-state index in [0.717, 1.165) is 0 Å². The van der Waals surface area contributed by atoms with Crippen LogP contribution in [0.25, 0.3) is 0 Å². The molecule has 11 heteroatoms. The Bertz CT molecular complexity index is 757. The van der Waals surface area contributed by atoms with Crippen LogP contribution in [0, 0.1) is 15.0 Å². The number of esters is 3. The van der Waals surface area contributed by atoms with Gasteiger partial charge in [0, 0.05) is 20.8 Å². The molecule has 4 atom stereocenters. The van der Waals surface area contributed by atoms with Crippen molar-refractivity contribution < 1.29 is 33.3 Å². The lowest BCUT2D eigenvalue weighted by Gasteiger charge is -2.23. The van der Waals surface area contributed by atoms with E-state index < -0.39 is 42.4 Å². The predicted octanol–water partition coefficient (Wildman–Crippen LogP) is 0.683. The van der Waals surface area contributed by atoms with Gasteiger partial charge < -0.3 is 18.9 Å². The molecule has 0 radical (unpaired) electrons. The maximum absolute atomic E-state index is 11.5. The smallest absolute Gasteiger partial charge is 0.303 e. The summed E-state index contributed by atoms with van der Waals surface area (Å²) in [6.45, 7) is 3.45. The maximum Gasteiger partial charge on any atom is 0.303 e. The predicted molar refractivity (Wildman–Crippen MR) is 91.3 cm³/mol. The molecule has 1 aliphatic heterocycles. The Morgan fingerprint density at radius 1 is 1.23 bits per heavy atom. The summed E-state index contributed by atoms with van der Waals surface area (Å²) in [5, 5.41) is 9.07. The molecule has 26 heavy (non-hydrogen) atoms. The van der Waals surface area contributed by atoms with E-state index in [1.54, 1.807) is 0 Å². The van der Waals surface area contributed by atoms with Gasteiger partial charge in [-0.1, -0.05) is 0 Å². The molecule has 0 N–H and O–H groups in total. The van der Waals surface area contributed by atoms with Crippen molar-refractivity contribution in [3.8, 4) is 6.07 Å². The highest BCUT2D eigenvalue weighted by atomic mass is 127. The van der Waals surface area contributed by atoms with E-state index >= 15 is 0 Å². The molecule has 2 rings (SSSR count). The monoisotopic (exact) mass is 477 g/mol. The zero-order chi connectivity index (χ0) is 19.4. The number of imidazole rings is 1. The molecule has 1 aromatic rings. The van der Waals surface area contributed by atoms with Crippen molar-refractivity contribution in [1.29, 1.82) is 5.26 Å². The van der Waals surface area contributed by atoms with Gasteiger partial charge in [0.1, 0.15) is 22.5 Å². The van der Waals surface area contributed by atoms with Crippen LogP contribution in [0.5, 0.6) is 0 Å². The third kappa shape index (κ3) is 4.50. The fourth-order valence-electron chi connectivity index (χ4n) is 2.52. The summed E-state index contributed by atoms with van der Waals surface area (Å²) in [5.74, 6) is -1.75. The summed E-state index contributed by atoms with van der Waals surface area (Å²) in [5.41, 5.74) is 0.170. The zero-order valence-corrected chi connectivity index (χ0v) is 16.3. The summed E-state index contributed by atoms with van der Waals surface area (Å²) in [6, 6.07) is 1.93. The highest BCUT2D eigenvalue weighted by molar-refractivity contribution is 14.1. The summed E-state index contributed by atoms with van der Waals surface area (Å²) < 4.78 is 23.3. The number of ether oxygens (including phenoxy) is 4. The summed E-state index contributed by atoms with van der Waals surface area (Å²) in [7, 11) is 0. The van der Waals surface area contributed by atoms with Gasteiger partial charge >= 0.3 is 17.9 Å². The number of hydrogen-bond donors (Lipinski definition) is 0. The van der Waals surface area contributed by atoms with Crippen molar-refractivity contribution in [1.82, 2.24) is 9.55 Å². The number of rotatable bonds is 5. The van der Waals surface area contributed by atoms with E-state index in [2.05, 4.69) is 4.98 Å². The normalized spacial score (nSPS) is 24.6. The van der Waals surface area contributed by atoms with Crippen molar-refractivity contribution >= 4 is 40.5 Å². The van der Waals surface area contributed by atoms with Crippen molar-refractivity contribution in [3.63, 3.8) is 0 Å². The van der Waals surface area contributed by atoms with E-state index in [0.29, 0.717) is 3.70 Å². The first-order valence-electron chi connectivity index (χ1n) is 7.50. The van der Waals surface area contributed by atoms with Crippen molar-refractivity contribution in [2.75, 3.05) is 6.61 Å². The van der Waals surface area contributed by atoms with Gasteiger partial charge in [-0.25, -0.2) is 4.98 Å². The number of nitriles is 1. The molecule has 0 aliphatic carbocycles. The summed E-state index contributed by atoms with van der Waals surface area (Å²) in [6.07, 6.45) is -2.41. The van der Waals surface area contributed by atoms with E-state index in [1.807, 2.05) is 28.7 Å². The van der Waals surface area contributed by atoms with Gasteiger partial charge in [0.25, 0.3) is 0 Å². The van der Waals surface area contributed by atoms with Gasteiger partial charge in [-0.05, 0) is 22.6 Å². The van der Waals surface area contributed by atoms with Gasteiger partial charge in [0.2, 0.25) is 0 Å². The van der Waals surface area contributed by atoms with Crippen molar-refractivity contribution in [2.45, 2.75) is 45.3 Å². The molecule has 0 saturated carbocycles. The molecule has 1 aliphatic rings. The zero-order valence-electron chi connectivity index (χ0n) is 14.2. The van der Waals surface area contributed by atoms with Crippen LogP contribution in [0.4, 0.5) is 0 Å². The van der Waals surface area contributed by atoms with E-state index in [1.165, 1.54) is 31.7 Å². The second-order valence-electron chi connectivity index (χ2n) is 5.42. The molecule has 0 bridgehead atoms. The third-order valence-corrected chi connectivity index (χ3v) is 4.52. The van der Waals surface area contributed by atoms with Gasteiger partial charge in [-0.3, -0.25) is 19.0 Å². The van der Waals surface area contributed by atoms with Crippen LogP contribution in [0.3, 0.4) is 0 Å². The molecule has 1 fully saturated rings. The van der Waals surface area contributed by atoms with Crippen LogP contribution in [0.15, 0.2) is 6.33 Å². The lowest BCUT2D eigenvalue weighted by atomic mass is 10.1. The Hall–Kier alpha value is -2.20. The SMILES string of the molecule is CC(=O)OC[C@H]1O[C@@H](n2cnc(C#N)c2I)[C@H](OC(C)=O)[C@@H]1OC(C)=O. The van der Waals surface area contributed by atoms with Gasteiger partial charge in [-0.15, -0.1) is 0 Å². The molecule has 1 aromatic heterocycles. The molecule has 10 nitrogen and oxygen atoms in total. The average Bonchev–Trinajstić information content (AvgIpc) is 3.06. The minimum absolute atomic E-state index is 0.170. The second-order valence-corrected chi connectivity index (χ2v) is 6.44. The molecule has 2 heterocycles. The largest absolute Gasteiger partial charge is 0.463 e. The maximum atomic E-state index is 11.5. The summed E-state index contributed by atoms with van der Waals surface area (Å²) in [4.78, 5) is 38.1. The van der Waals surface area contributed by atoms with Crippen LogP contribution in [0.1, 0.15) is 32.7 Å². The molecule has 0 amide bonds. The number of halogens is 1. The number of carbonyl (C=O) groups excluding carboxylic acids is 3. The minimum atomic E-state index is -1.01. The first-order chi connectivity index (χ1) is 12.2. The molecule has 0 spiro atoms. The van der Waals surface area contributed by atoms with Crippen LogP contribution in [-0.4, -0.2) is 52.4 Å². The van der Waals surface area contributed by atoms with Crippen LogP contribution in [-0.2, 0) is 33.3 Å². The quantitative estimate of drug-likeness (QED) is 0.342. The highest BCUT2D eigenvalue weighted by Crippen LogP contribution is 2.35.